The lowest BCUT2D eigenvalue weighted by atomic mass is 9.81. The van der Waals surface area contributed by atoms with Gasteiger partial charge in [-0.15, -0.1) is 0 Å². The molecule has 0 saturated carbocycles. The fraction of sp³-hybridized carbons (Fsp3) is 0.206. The van der Waals surface area contributed by atoms with Gasteiger partial charge < -0.3 is 15.4 Å². The lowest BCUT2D eigenvalue weighted by Gasteiger charge is -2.38. The van der Waals surface area contributed by atoms with Crippen molar-refractivity contribution < 1.29 is 37.1 Å². The first kappa shape index (κ1) is 32.7. The van der Waals surface area contributed by atoms with Crippen molar-refractivity contribution in [2.45, 2.75) is 31.6 Å². The van der Waals surface area contributed by atoms with E-state index in [0.29, 0.717) is 28.2 Å². The van der Waals surface area contributed by atoms with Crippen molar-refractivity contribution in [1.82, 2.24) is 20.4 Å². The number of aromatic nitrogens is 2. The number of methoxy groups -OCH3 is 1. The fourth-order valence-electron chi connectivity index (χ4n) is 5.44. The van der Waals surface area contributed by atoms with Crippen LogP contribution in [0.5, 0.6) is 0 Å². The number of para-hydroxylation sites is 1. The van der Waals surface area contributed by atoms with E-state index in [1.165, 1.54) is 18.1 Å². The molecule has 0 unspecified atom stereocenters. The van der Waals surface area contributed by atoms with Gasteiger partial charge in [-0.05, 0) is 48.4 Å². The number of ether oxygens (including phenoxy) is 1. The number of anilines is 1. The molecule has 0 spiro atoms. The van der Waals surface area contributed by atoms with Gasteiger partial charge in [0.25, 0.3) is 11.8 Å². The highest BCUT2D eigenvalue weighted by Gasteiger charge is 2.44. The number of amides is 3. The third kappa shape index (κ3) is 7.08. The molecule has 2 heterocycles. The van der Waals surface area contributed by atoms with Crippen molar-refractivity contribution in [3.63, 3.8) is 0 Å². The van der Waals surface area contributed by atoms with E-state index >= 15 is 0 Å². The van der Waals surface area contributed by atoms with Gasteiger partial charge in [-0.2, -0.15) is 18.3 Å². The molecular formula is C34H30F3N5O5. The first-order valence-corrected chi connectivity index (χ1v) is 14.6. The monoisotopic (exact) mass is 645 g/mol. The molecule has 0 aliphatic carbocycles. The van der Waals surface area contributed by atoms with Crippen molar-refractivity contribution in [2.75, 3.05) is 18.6 Å². The molecule has 3 aromatic carbocycles. The van der Waals surface area contributed by atoms with Crippen molar-refractivity contribution in [2.24, 2.45) is 0 Å². The van der Waals surface area contributed by atoms with Crippen LogP contribution in [-0.4, -0.2) is 53.2 Å². The largest absolute Gasteiger partial charge is 0.466 e. The highest BCUT2D eigenvalue weighted by atomic mass is 19.4. The highest BCUT2D eigenvalue weighted by molar-refractivity contribution is 6.05. The van der Waals surface area contributed by atoms with Crippen LogP contribution in [-0.2, 0) is 31.8 Å². The second kappa shape index (κ2) is 13.7. The number of carbonyl (C=O) groups excluding carboxylic acids is 4. The van der Waals surface area contributed by atoms with Gasteiger partial charge in [0.1, 0.15) is 11.9 Å². The zero-order valence-electron chi connectivity index (χ0n) is 25.3. The summed E-state index contributed by atoms with van der Waals surface area (Å²) in [5.41, 5.74) is 1.29. The summed E-state index contributed by atoms with van der Waals surface area (Å²) in [5, 5.41) is 9.98. The second-order valence-electron chi connectivity index (χ2n) is 10.6. The molecule has 5 rings (SSSR count). The number of hydrogen-bond donors (Lipinski definition) is 2. The minimum atomic E-state index is -4.66. The molecule has 4 aromatic rings. The van der Waals surface area contributed by atoms with Gasteiger partial charge in [0.15, 0.2) is 0 Å². The Morgan fingerprint density at radius 1 is 0.979 bits per heavy atom. The molecule has 1 aliphatic rings. The molecule has 1 aromatic heterocycles. The number of fused-ring (bicyclic) bond motifs is 1. The summed E-state index contributed by atoms with van der Waals surface area (Å²) in [6.07, 6.45) is -1.02. The van der Waals surface area contributed by atoms with Gasteiger partial charge in [0.2, 0.25) is 5.91 Å². The number of benzene rings is 3. The van der Waals surface area contributed by atoms with Crippen LogP contribution in [0.15, 0.2) is 97.2 Å². The summed E-state index contributed by atoms with van der Waals surface area (Å²) in [7, 11) is 1.19. The van der Waals surface area contributed by atoms with Crippen LogP contribution in [0, 0.1) is 0 Å². The maximum atomic E-state index is 14.2. The number of carbonyl (C=O) groups is 4. The van der Waals surface area contributed by atoms with E-state index in [9.17, 15) is 32.3 Å². The Labute approximate surface area is 267 Å². The number of hydrogen-bond acceptors (Lipinski definition) is 6. The summed E-state index contributed by atoms with van der Waals surface area (Å²) >= 11 is 0. The molecule has 2 N–H and O–H groups in total. The average Bonchev–Trinajstić information content (AvgIpc) is 3.51. The molecular weight excluding hydrogens is 615 g/mol. The van der Waals surface area contributed by atoms with Crippen molar-refractivity contribution in [3.05, 3.63) is 125 Å². The number of nitrogens with zero attached hydrogens (tertiary/aromatic N) is 3. The molecule has 47 heavy (non-hydrogen) atoms. The van der Waals surface area contributed by atoms with Crippen LogP contribution in [0.3, 0.4) is 0 Å². The molecule has 0 saturated heterocycles. The van der Waals surface area contributed by atoms with Gasteiger partial charge in [-0.3, -0.25) is 19.3 Å². The molecule has 13 heteroatoms. The van der Waals surface area contributed by atoms with Gasteiger partial charge >= 0.3 is 12.1 Å². The third-order valence-corrected chi connectivity index (χ3v) is 7.63. The number of rotatable bonds is 9. The summed E-state index contributed by atoms with van der Waals surface area (Å²) in [6, 6.07) is 19.0. The zero-order chi connectivity index (χ0) is 33.7. The van der Waals surface area contributed by atoms with Gasteiger partial charge in [0, 0.05) is 42.3 Å². The van der Waals surface area contributed by atoms with E-state index < -0.39 is 47.4 Å². The standard InChI is InChI=1S/C34H30F3N5O5/c1-3-41-32-26(20-39-42(32)25-13-5-4-6-14-25)29(22-10-7-9-21(17-22)19-38-27(43)15-16-28(44)47-2)30(33(41)46)40-31(45)23-11-8-12-24(18-23)34(35,36)37/h4-18,20,29-30H,3,19H2,1-2H3,(H,38,43)(H,40,45)/b16-15+/t29-,30+/m1/s1. The Balaban J connectivity index is 1.55. The lowest BCUT2D eigenvalue weighted by Crippen LogP contribution is -2.55. The number of alkyl halides is 3. The minimum absolute atomic E-state index is 0.0668. The fourth-order valence-corrected chi connectivity index (χ4v) is 5.44. The second-order valence-corrected chi connectivity index (χ2v) is 10.6. The number of esters is 1. The number of halogens is 3. The molecule has 0 fully saturated rings. The number of likely N-dealkylation sites (N-methyl/N-ethyl adjacent to an activating group) is 1. The lowest BCUT2D eigenvalue weighted by molar-refractivity contribution is -0.137. The van der Waals surface area contributed by atoms with E-state index in [0.717, 1.165) is 30.4 Å². The quantitative estimate of drug-likeness (QED) is 0.204. The average molecular weight is 646 g/mol. The maximum Gasteiger partial charge on any atom is 0.416 e. The smallest absolute Gasteiger partial charge is 0.416 e. The maximum absolute atomic E-state index is 14.2. The molecule has 0 radical (unpaired) electrons. The number of nitrogens with one attached hydrogen (secondary N) is 2. The van der Waals surface area contributed by atoms with Crippen molar-refractivity contribution in [1.29, 1.82) is 0 Å². The highest BCUT2D eigenvalue weighted by Crippen LogP contribution is 2.41. The van der Waals surface area contributed by atoms with E-state index in [-0.39, 0.29) is 18.7 Å². The Morgan fingerprint density at radius 3 is 2.43 bits per heavy atom. The predicted molar refractivity (Wildman–Crippen MR) is 166 cm³/mol. The Morgan fingerprint density at radius 2 is 1.72 bits per heavy atom. The Kier molecular flexibility index (Phi) is 9.54. The van der Waals surface area contributed by atoms with E-state index in [2.05, 4.69) is 20.5 Å². The van der Waals surface area contributed by atoms with Gasteiger partial charge in [0.05, 0.1) is 24.6 Å². The summed E-state index contributed by atoms with van der Waals surface area (Å²) in [6.45, 7) is 2.06. The Hall–Kier alpha value is -5.72. The van der Waals surface area contributed by atoms with E-state index in [1.54, 1.807) is 42.1 Å². The normalized spacial score (nSPS) is 16.1. The molecule has 10 nitrogen and oxygen atoms in total. The van der Waals surface area contributed by atoms with Crippen LogP contribution in [0.1, 0.15) is 45.5 Å². The molecule has 2 atom stereocenters. The van der Waals surface area contributed by atoms with Gasteiger partial charge in [-0.1, -0.05) is 48.5 Å². The molecule has 3 amide bonds. The van der Waals surface area contributed by atoms with Crippen molar-refractivity contribution in [3.8, 4) is 5.69 Å². The summed E-state index contributed by atoms with van der Waals surface area (Å²) < 4.78 is 46.4. The van der Waals surface area contributed by atoms with Gasteiger partial charge in [-0.25, -0.2) is 9.48 Å². The minimum Gasteiger partial charge on any atom is -0.466 e. The first-order chi connectivity index (χ1) is 22.5. The SMILES string of the molecule is CCN1C(=O)[C@@H](NC(=O)c2cccc(C(F)(F)F)c2)[C@H](c2cccc(CNC(=O)/C=C/C(=O)OC)c2)c2cnn(-c3ccccc3)c21. The molecule has 1 aliphatic heterocycles. The van der Waals surface area contributed by atoms with Crippen LogP contribution in [0.25, 0.3) is 5.69 Å². The molecule has 242 valence electrons. The van der Waals surface area contributed by atoms with E-state index in [4.69, 9.17) is 0 Å². The topological polar surface area (TPSA) is 123 Å². The summed E-state index contributed by atoms with van der Waals surface area (Å²) in [5.74, 6) is -2.86. The van der Waals surface area contributed by atoms with Crippen LogP contribution in [0.2, 0.25) is 0 Å². The summed E-state index contributed by atoms with van der Waals surface area (Å²) in [4.78, 5) is 52.7. The van der Waals surface area contributed by atoms with Crippen LogP contribution < -0.4 is 15.5 Å². The molecule has 0 bridgehead atoms. The Bertz CT molecular complexity index is 1840. The third-order valence-electron chi connectivity index (χ3n) is 7.63. The first-order valence-electron chi connectivity index (χ1n) is 14.6. The van der Waals surface area contributed by atoms with Crippen LogP contribution >= 0.6 is 0 Å². The predicted octanol–water partition coefficient (Wildman–Crippen LogP) is 4.53. The van der Waals surface area contributed by atoms with Crippen molar-refractivity contribution >= 4 is 29.5 Å². The van der Waals surface area contributed by atoms with E-state index in [1.807, 2.05) is 30.3 Å². The van der Waals surface area contributed by atoms with Crippen LogP contribution in [0.4, 0.5) is 19.0 Å². The zero-order valence-corrected chi connectivity index (χ0v) is 25.3.